The maximum absolute atomic E-state index is 3.70. The lowest BCUT2D eigenvalue weighted by Gasteiger charge is -2.22. The van der Waals surface area contributed by atoms with Crippen LogP contribution in [0.5, 0.6) is 0 Å². The molecule has 3 rings (SSSR count). The van der Waals surface area contributed by atoms with Crippen molar-refractivity contribution < 1.29 is 0 Å². The Morgan fingerprint density at radius 3 is 2.00 bits per heavy atom. The highest BCUT2D eigenvalue weighted by atomic mass is 14.7. The smallest absolute Gasteiger partial charge is 0.0458 e. The van der Waals surface area contributed by atoms with Crippen LogP contribution in [0.2, 0.25) is 0 Å². The summed E-state index contributed by atoms with van der Waals surface area (Å²) in [7, 11) is 0. The molecular formula is C28H45N. The molecule has 1 N–H and O–H groups in total. The molecule has 1 aliphatic rings. The topological polar surface area (TPSA) is 15.8 Å². The van der Waals surface area contributed by atoms with E-state index in [0.717, 1.165) is 5.92 Å². The third kappa shape index (κ3) is 7.50. The molecule has 1 atom stereocenters. The summed E-state index contributed by atoms with van der Waals surface area (Å²) in [6, 6.07) is 8.85. The monoisotopic (exact) mass is 395 g/mol. The van der Waals surface area contributed by atoms with Gasteiger partial charge in [0.25, 0.3) is 0 Å². The minimum atomic E-state index is 0.910. The van der Waals surface area contributed by atoms with Gasteiger partial charge in [-0.05, 0) is 36.8 Å². The zero-order valence-corrected chi connectivity index (χ0v) is 19.1. The Bertz CT molecular complexity index is 683. The fraction of sp³-hybridized carbons (Fsp3) is 0.714. The Labute approximate surface area is 180 Å². The Morgan fingerprint density at radius 2 is 1.34 bits per heavy atom. The van der Waals surface area contributed by atoms with Gasteiger partial charge in [-0.1, -0.05) is 121 Å². The lowest BCUT2D eigenvalue weighted by Crippen LogP contribution is -2.13. The molecular weight excluding hydrogens is 350 g/mol. The van der Waals surface area contributed by atoms with Crippen LogP contribution >= 0.6 is 0 Å². The number of fused-ring (bicyclic) bond motifs is 3. The van der Waals surface area contributed by atoms with Crippen LogP contribution in [0.4, 0.5) is 0 Å². The second kappa shape index (κ2) is 13.1. The van der Waals surface area contributed by atoms with E-state index >= 15 is 0 Å². The van der Waals surface area contributed by atoms with Crippen molar-refractivity contribution >= 4 is 10.9 Å². The Kier molecular flexibility index (Phi) is 10.2. The highest BCUT2D eigenvalue weighted by molar-refractivity contribution is 5.84. The van der Waals surface area contributed by atoms with Gasteiger partial charge in [-0.25, -0.2) is 0 Å². The van der Waals surface area contributed by atoms with E-state index in [2.05, 4.69) is 36.2 Å². The van der Waals surface area contributed by atoms with Crippen LogP contribution < -0.4 is 0 Å². The maximum Gasteiger partial charge on any atom is 0.0458 e. The fourth-order valence-corrected chi connectivity index (χ4v) is 5.33. The van der Waals surface area contributed by atoms with E-state index < -0.39 is 0 Å². The van der Waals surface area contributed by atoms with Gasteiger partial charge in [-0.15, -0.1) is 0 Å². The standard InChI is InChI=1S/C28H45N/c1-2-3-4-5-6-7-8-9-10-11-12-13-14-15-18-24-21-22-26-25-19-16-17-20-27(25)29-28(26)23-24/h16-17,19-20,24,29H,2-15,18,21-23H2,1H3. The summed E-state index contributed by atoms with van der Waals surface area (Å²) in [4.78, 5) is 3.70. The summed E-state index contributed by atoms with van der Waals surface area (Å²) >= 11 is 0. The van der Waals surface area contributed by atoms with Crippen molar-refractivity contribution in [3.8, 4) is 0 Å². The van der Waals surface area contributed by atoms with Crippen LogP contribution in [0.15, 0.2) is 24.3 Å². The van der Waals surface area contributed by atoms with E-state index in [1.165, 1.54) is 132 Å². The van der Waals surface area contributed by atoms with E-state index in [4.69, 9.17) is 0 Å². The van der Waals surface area contributed by atoms with Gasteiger partial charge >= 0.3 is 0 Å². The molecule has 1 aliphatic carbocycles. The highest BCUT2D eigenvalue weighted by Gasteiger charge is 2.21. The summed E-state index contributed by atoms with van der Waals surface area (Å²) in [6.45, 7) is 2.30. The first kappa shape index (κ1) is 22.4. The number of unbranched alkanes of at least 4 members (excludes halogenated alkanes) is 13. The predicted octanol–water partition coefficient (Wildman–Crippen LogP) is 9.14. The second-order valence-corrected chi connectivity index (χ2v) is 9.62. The van der Waals surface area contributed by atoms with E-state index in [1.54, 1.807) is 5.56 Å². The molecule has 2 aromatic rings. The van der Waals surface area contributed by atoms with Gasteiger partial charge < -0.3 is 4.98 Å². The van der Waals surface area contributed by atoms with Crippen molar-refractivity contribution in [2.45, 2.75) is 122 Å². The first-order chi connectivity index (χ1) is 14.4. The quantitative estimate of drug-likeness (QED) is 0.289. The number of hydrogen-bond acceptors (Lipinski definition) is 0. The van der Waals surface area contributed by atoms with Gasteiger partial charge in [0.2, 0.25) is 0 Å². The van der Waals surface area contributed by atoms with Gasteiger partial charge in [-0.3, -0.25) is 0 Å². The first-order valence-electron chi connectivity index (χ1n) is 13.0. The van der Waals surface area contributed by atoms with Crippen LogP contribution in [0.25, 0.3) is 10.9 Å². The van der Waals surface area contributed by atoms with Crippen molar-refractivity contribution in [1.29, 1.82) is 0 Å². The van der Waals surface area contributed by atoms with Crippen molar-refractivity contribution in [2.75, 3.05) is 0 Å². The third-order valence-corrected chi connectivity index (χ3v) is 7.16. The number of hydrogen-bond donors (Lipinski definition) is 1. The fourth-order valence-electron chi connectivity index (χ4n) is 5.33. The predicted molar refractivity (Wildman–Crippen MR) is 129 cm³/mol. The SMILES string of the molecule is CCCCCCCCCCCCCCCCC1CCc2c([nH]c3ccccc23)C1. The van der Waals surface area contributed by atoms with E-state index in [0.29, 0.717) is 0 Å². The van der Waals surface area contributed by atoms with Gasteiger partial charge in [0, 0.05) is 16.6 Å². The summed E-state index contributed by atoms with van der Waals surface area (Å²) in [5.74, 6) is 0.910. The summed E-state index contributed by atoms with van der Waals surface area (Å²) in [6.07, 6.45) is 25.8. The van der Waals surface area contributed by atoms with Crippen molar-refractivity contribution in [3.63, 3.8) is 0 Å². The van der Waals surface area contributed by atoms with Crippen LogP contribution in [0, 0.1) is 5.92 Å². The van der Waals surface area contributed by atoms with Gasteiger partial charge in [0.15, 0.2) is 0 Å². The molecule has 0 fully saturated rings. The molecule has 1 aromatic heterocycles. The average molecular weight is 396 g/mol. The molecule has 1 heteroatoms. The lowest BCUT2D eigenvalue weighted by atomic mass is 9.84. The lowest BCUT2D eigenvalue weighted by molar-refractivity contribution is 0.401. The molecule has 0 aliphatic heterocycles. The Balaban J connectivity index is 1.16. The van der Waals surface area contributed by atoms with Crippen LogP contribution in [0.3, 0.4) is 0 Å². The minimum Gasteiger partial charge on any atom is -0.358 e. The van der Waals surface area contributed by atoms with Crippen LogP contribution in [0.1, 0.15) is 121 Å². The number of aryl methyl sites for hydroxylation is 1. The van der Waals surface area contributed by atoms with E-state index in [1.807, 2.05) is 0 Å². The number of para-hydroxylation sites is 1. The molecule has 1 aromatic carbocycles. The minimum absolute atomic E-state index is 0.910. The zero-order chi connectivity index (χ0) is 20.2. The molecule has 1 unspecified atom stereocenters. The highest BCUT2D eigenvalue weighted by Crippen LogP contribution is 2.33. The summed E-state index contributed by atoms with van der Waals surface area (Å²) < 4.78 is 0. The molecule has 0 spiro atoms. The third-order valence-electron chi connectivity index (χ3n) is 7.16. The van der Waals surface area contributed by atoms with E-state index in [-0.39, 0.29) is 0 Å². The Hall–Kier alpha value is -1.24. The molecule has 29 heavy (non-hydrogen) atoms. The number of rotatable bonds is 15. The normalized spacial score (nSPS) is 16.4. The molecule has 0 saturated carbocycles. The van der Waals surface area contributed by atoms with E-state index in [9.17, 15) is 0 Å². The number of aromatic amines is 1. The Morgan fingerprint density at radius 1 is 0.759 bits per heavy atom. The molecule has 162 valence electrons. The zero-order valence-electron chi connectivity index (χ0n) is 19.1. The molecule has 0 saturated heterocycles. The van der Waals surface area contributed by atoms with Crippen LogP contribution in [-0.4, -0.2) is 4.98 Å². The van der Waals surface area contributed by atoms with Crippen molar-refractivity contribution in [2.24, 2.45) is 5.92 Å². The number of nitrogens with one attached hydrogen (secondary N) is 1. The van der Waals surface area contributed by atoms with Gasteiger partial charge in [0.1, 0.15) is 0 Å². The summed E-state index contributed by atoms with van der Waals surface area (Å²) in [5.41, 5.74) is 4.49. The summed E-state index contributed by atoms with van der Waals surface area (Å²) in [5, 5.41) is 1.47. The van der Waals surface area contributed by atoms with Gasteiger partial charge in [-0.2, -0.15) is 0 Å². The number of benzene rings is 1. The number of H-pyrrole nitrogens is 1. The molecule has 1 nitrogen and oxygen atoms in total. The molecule has 0 bridgehead atoms. The number of aromatic nitrogens is 1. The largest absolute Gasteiger partial charge is 0.358 e. The van der Waals surface area contributed by atoms with Crippen molar-refractivity contribution in [1.82, 2.24) is 4.98 Å². The maximum atomic E-state index is 3.70. The average Bonchev–Trinajstić information content (AvgIpc) is 3.12. The molecule has 0 amide bonds. The molecule has 1 heterocycles. The molecule has 0 radical (unpaired) electrons. The second-order valence-electron chi connectivity index (χ2n) is 9.62. The van der Waals surface area contributed by atoms with Crippen LogP contribution in [-0.2, 0) is 12.8 Å². The van der Waals surface area contributed by atoms with Gasteiger partial charge in [0.05, 0.1) is 0 Å². The van der Waals surface area contributed by atoms with Crippen molar-refractivity contribution in [3.05, 3.63) is 35.5 Å². The first-order valence-corrected chi connectivity index (χ1v) is 13.0.